The summed E-state index contributed by atoms with van der Waals surface area (Å²) in [6, 6.07) is 19.6. The summed E-state index contributed by atoms with van der Waals surface area (Å²) in [4.78, 5) is 34.3. The highest BCUT2D eigenvalue weighted by atomic mass is 19.1. The summed E-state index contributed by atoms with van der Waals surface area (Å²) < 4.78 is 15.3. The Morgan fingerprint density at radius 3 is 2.55 bits per heavy atom. The molecule has 0 radical (unpaired) electrons. The van der Waals surface area contributed by atoms with Crippen molar-refractivity contribution in [3.8, 4) is 0 Å². The Morgan fingerprint density at radius 1 is 0.968 bits per heavy atom. The minimum Gasteiger partial charge on any atom is -0.350 e. The van der Waals surface area contributed by atoms with Gasteiger partial charge in [0.25, 0.3) is 11.5 Å². The number of nitrogens with one attached hydrogen (secondary N) is 1. The molecule has 0 aliphatic carbocycles. The number of nitrogens with zero attached hydrogens (tertiary/aromatic N) is 3. The summed E-state index contributed by atoms with van der Waals surface area (Å²) >= 11 is 0. The van der Waals surface area contributed by atoms with E-state index in [1.807, 2.05) is 30.3 Å². The van der Waals surface area contributed by atoms with E-state index in [2.05, 4.69) is 15.3 Å². The van der Waals surface area contributed by atoms with E-state index in [9.17, 15) is 14.0 Å². The summed E-state index contributed by atoms with van der Waals surface area (Å²) in [6.07, 6.45) is 2.52. The largest absolute Gasteiger partial charge is 0.350 e. The van der Waals surface area contributed by atoms with Crippen LogP contribution in [0.2, 0.25) is 0 Å². The predicted molar refractivity (Wildman–Crippen MR) is 116 cm³/mol. The highest BCUT2D eigenvalue weighted by molar-refractivity contribution is 5.93. The zero-order valence-electron chi connectivity index (χ0n) is 16.8. The molecule has 0 bridgehead atoms. The fraction of sp³-hybridized carbons (Fsp3) is 0.167. The van der Waals surface area contributed by atoms with Gasteiger partial charge in [-0.1, -0.05) is 48.5 Å². The standard InChI is InChI=1S/C24H21FN4O2/c25-19-10-5-4-9-18(19)12-15-27-23(30)21-24(31)29(16-13-17-7-2-1-3-8-17)22-20(28-21)11-6-14-26-22/h1-11,14H,12-13,15-16H2,(H,27,30). The van der Waals surface area contributed by atoms with Crippen LogP contribution >= 0.6 is 0 Å². The van der Waals surface area contributed by atoms with Gasteiger partial charge in [0.05, 0.1) is 0 Å². The first-order valence-corrected chi connectivity index (χ1v) is 10.0. The van der Waals surface area contributed by atoms with Crippen LogP contribution in [0.25, 0.3) is 11.2 Å². The van der Waals surface area contributed by atoms with Crippen LogP contribution in [-0.2, 0) is 19.4 Å². The molecule has 0 spiro atoms. The lowest BCUT2D eigenvalue weighted by atomic mass is 10.1. The molecule has 0 saturated heterocycles. The third kappa shape index (κ3) is 4.66. The number of hydrogen-bond donors (Lipinski definition) is 1. The molecule has 0 saturated carbocycles. The molecule has 156 valence electrons. The summed E-state index contributed by atoms with van der Waals surface area (Å²) in [6.45, 7) is 0.560. The van der Waals surface area contributed by atoms with Gasteiger partial charge in [0.2, 0.25) is 0 Å². The van der Waals surface area contributed by atoms with Gasteiger partial charge in [-0.05, 0) is 42.2 Å². The zero-order valence-corrected chi connectivity index (χ0v) is 16.8. The van der Waals surface area contributed by atoms with E-state index in [0.717, 1.165) is 5.56 Å². The average Bonchev–Trinajstić information content (AvgIpc) is 2.80. The minimum absolute atomic E-state index is 0.190. The van der Waals surface area contributed by atoms with Crippen LogP contribution in [0, 0.1) is 5.82 Å². The molecule has 7 heteroatoms. The van der Waals surface area contributed by atoms with E-state index < -0.39 is 11.5 Å². The molecule has 1 amide bonds. The summed E-state index contributed by atoms with van der Waals surface area (Å²) in [5.74, 6) is -0.907. The number of aromatic nitrogens is 3. The van der Waals surface area contributed by atoms with Crippen LogP contribution in [0.5, 0.6) is 0 Å². The summed E-state index contributed by atoms with van der Waals surface area (Å²) in [7, 11) is 0. The van der Waals surface area contributed by atoms with Gasteiger partial charge in [-0.2, -0.15) is 0 Å². The predicted octanol–water partition coefficient (Wildman–Crippen LogP) is 3.15. The Morgan fingerprint density at radius 2 is 1.74 bits per heavy atom. The van der Waals surface area contributed by atoms with Crippen molar-refractivity contribution in [1.82, 2.24) is 19.9 Å². The van der Waals surface area contributed by atoms with Gasteiger partial charge in [0, 0.05) is 19.3 Å². The molecule has 0 aliphatic heterocycles. The molecule has 0 atom stereocenters. The molecule has 0 aliphatic rings. The molecule has 2 aromatic heterocycles. The number of rotatable bonds is 7. The highest BCUT2D eigenvalue weighted by Crippen LogP contribution is 2.10. The van der Waals surface area contributed by atoms with E-state index >= 15 is 0 Å². The van der Waals surface area contributed by atoms with Crippen LogP contribution < -0.4 is 10.9 Å². The van der Waals surface area contributed by atoms with Crippen molar-refractivity contribution in [2.24, 2.45) is 0 Å². The molecule has 2 heterocycles. The number of hydrogen-bond acceptors (Lipinski definition) is 4. The van der Waals surface area contributed by atoms with Gasteiger partial charge in [-0.25, -0.2) is 14.4 Å². The second-order valence-corrected chi connectivity index (χ2v) is 7.10. The van der Waals surface area contributed by atoms with E-state index in [1.54, 1.807) is 36.5 Å². The van der Waals surface area contributed by atoms with Crippen LogP contribution in [0.3, 0.4) is 0 Å². The number of carbonyl (C=O) groups is 1. The van der Waals surface area contributed by atoms with Gasteiger partial charge in [-0.3, -0.25) is 14.2 Å². The average molecular weight is 416 g/mol. The zero-order chi connectivity index (χ0) is 21.6. The molecule has 0 unspecified atom stereocenters. The molecule has 6 nitrogen and oxygen atoms in total. The van der Waals surface area contributed by atoms with E-state index in [0.29, 0.717) is 36.1 Å². The lowest BCUT2D eigenvalue weighted by Crippen LogP contribution is -2.36. The topological polar surface area (TPSA) is 76.9 Å². The molecule has 31 heavy (non-hydrogen) atoms. The Balaban J connectivity index is 1.57. The van der Waals surface area contributed by atoms with Gasteiger partial charge in [0.15, 0.2) is 11.3 Å². The van der Waals surface area contributed by atoms with Gasteiger partial charge in [0.1, 0.15) is 11.3 Å². The molecule has 4 rings (SSSR count). The first kappa shape index (κ1) is 20.4. The molecule has 4 aromatic rings. The Hall–Kier alpha value is -3.87. The number of aryl methyl sites for hydroxylation is 2. The quantitative estimate of drug-likeness (QED) is 0.502. The summed E-state index contributed by atoms with van der Waals surface area (Å²) in [5.41, 5.74) is 1.79. The van der Waals surface area contributed by atoms with Gasteiger partial charge < -0.3 is 5.32 Å². The van der Waals surface area contributed by atoms with Crippen LogP contribution in [0.4, 0.5) is 4.39 Å². The number of fused-ring (bicyclic) bond motifs is 1. The van der Waals surface area contributed by atoms with Crippen molar-refractivity contribution in [1.29, 1.82) is 0 Å². The normalized spacial score (nSPS) is 10.9. The fourth-order valence-electron chi connectivity index (χ4n) is 3.41. The third-order valence-corrected chi connectivity index (χ3v) is 5.02. The first-order chi connectivity index (χ1) is 15.1. The van der Waals surface area contributed by atoms with E-state index in [1.165, 1.54) is 10.6 Å². The maximum atomic E-state index is 13.8. The minimum atomic E-state index is -0.583. The van der Waals surface area contributed by atoms with Crippen molar-refractivity contribution >= 4 is 17.1 Å². The SMILES string of the molecule is O=C(NCCc1ccccc1F)c1nc2cccnc2n(CCc2ccccc2)c1=O. The van der Waals surface area contributed by atoms with E-state index in [-0.39, 0.29) is 18.1 Å². The Kier molecular flexibility index (Phi) is 6.12. The molecular weight excluding hydrogens is 395 g/mol. The van der Waals surface area contributed by atoms with Crippen molar-refractivity contribution in [2.45, 2.75) is 19.4 Å². The second kappa shape index (κ2) is 9.30. The number of carbonyl (C=O) groups excluding carboxylic acids is 1. The van der Waals surface area contributed by atoms with Crippen LogP contribution in [-0.4, -0.2) is 27.0 Å². The number of halogens is 1. The van der Waals surface area contributed by atoms with Gasteiger partial charge >= 0.3 is 0 Å². The van der Waals surface area contributed by atoms with Crippen molar-refractivity contribution in [3.05, 3.63) is 106 Å². The third-order valence-electron chi connectivity index (χ3n) is 5.02. The lowest BCUT2D eigenvalue weighted by Gasteiger charge is -2.12. The number of benzene rings is 2. The van der Waals surface area contributed by atoms with E-state index in [4.69, 9.17) is 0 Å². The van der Waals surface area contributed by atoms with Crippen molar-refractivity contribution in [3.63, 3.8) is 0 Å². The molecule has 0 fully saturated rings. The molecular formula is C24H21FN4O2. The Labute approximate surface area is 178 Å². The second-order valence-electron chi connectivity index (χ2n) is 7.10. The monoisotopic (exact) mass is 416 g/mol. The number of amides is 1. The first-order valence-electron chi connectivity index (χ1n) is 10.0. The lowest BCUT2D eigenvalue weighted by molar-refractivity contribution is 0.0947. The Bertz CT molecular complexity index is 1270. The smallest absolute Gasteiger partial charge is 0.283 e. The van der Waals surface area contributed by atoms with Crippen LogP contribution in [0.15, 0.2) is 77.7 Å². The summed E-state index contributed by atoms with van der Waals surface area (Å²) in [5, 5.41) is 2.68. The van der Waals surface area contributed by atoms with Gasteiger partial charge in [-0.15, -0.1) is 0 Å². The number of pyridine rings is 1. The van der Waals surface area contributed by atoms with Crippen molar-refractivity contribution in [2.75, 3.05) is 6.54 Å². The van der Waals surface area contributed by atoms with Crippen LogP contribution in [0.1, 0.15) is 21.6 Å². The highest BCUT2D eigenvalue weighted by Gasteiger charge is 2.18. The molecule has 2 aromatic carbocycles. The maximum Gasteiger partial charge on any atom is 0.283 e. The maximum absolute atomic E-state index is 13.8. The fourth-order valence-corrected chi connectivity index (χ4v) is 3.41. The molecule has 1 N–H and O–H groups in total. The van der Waals surface area contributed by atoms with Crippen molar-refractivity contribution < 1.29 is 9.18 Å².